The highest BCUT2D eigenvalue weighted by Crippen LogP contribution is 2.25. The van der Waals surface area contributed by atoms with Gasteiger partial charge in [-0.25, -0.2) is 4.79 Å². The van der Waals surface area contributed by atoms with E-state index < -0.39 is 18.5 Å². The quantitative estimate of drug-likeness (QED) is 0.693. The van der Waals surface area contributed by atoms with E-state index in [0.29, 0.717) is 28.0 Å². The molecule has 0 aromatic heterocycles. The molecule has 0 radical (unpaired) electrons. The van der Waals surface area contributed by atoms with Gasteiger partial charge >= 0.3 is 5.97 Å². The second kappa shape index (κ2) is 9.68. The molecule has 0 fully saturated rings. The van der Waals surface area contributed by atoms with Crippen LogP contribution in [0.15, 0.2) is 36.4 Å². The number of nitrogens with one attached hydrogen (secondary N) is 1. The number of rotatable bonds is 8. The molecule has 8 heteroatoms. The summed E-state index contributed by atoms with van der Waals surface area (Å²) in [6.07, 6.45) is 0. The zero-order valence-electron chi connectivity index (χ0n) is 15.2. The number of halogens is 1. The Morgan fingerprint density at radius 3 is 2.26 bits per heavy atom. The van der Waals surface area contributed by atoms with Crippen molar-refractivity contribution in [2.45, 2.75) is 6.92 Å². The van der Waals surface area contributed by atoms with Gasteiger partial charge < -0.3 is 24.3 Å². The average molecular weight is 394 g/mol. The summed E-state index contributed by atoms with van der Waals surface area (Å²) in [5.41, 5.74) is 1.25. The van der Waals surface area contributed by atoms with Crippen molar-refractivity contribution < 1.29 is 28.5 Å². The third-order valence-corrected chi connectivity index (χ3v) is 3.72. The van der Waals surface area contributed by atoms with E-state index in [2.05, 4.69) is 5.32 Å². The fourth-order valence-electron chi connectivity index (χ4n) is 2.18. The molecule has 1 N–H and O–H groups in total. The van der Waals surface area contributed by atoms with Crippen LogP contribution in [0, 0.1) is 6.92 Å². The third kappa shape index (κ3) is 6.38. The van der Waals surface area contributed by atoms with E-state index in [1.54, 1.807) is 36.4 Å². The molecule has 144 valence electrons. The fourth-order valence-corrected chi connectivity index (χ4v) is 2.40. The van der Waals surface area contributed by atoms with Crippen LogP contribution in [-0.2, 0) is 14.3 Å². The zero-order valence-corrected chi connectivity index (χ0v) is 16.0. The van der Waals surface area contributed by atoms with Crippen LogP contribution < -0.4 is 19.5 Å². The molecule has 27 heavy (non-hydrogen) atoms. The molecule has 0 aliphatic rings. The van der Waals surface area contributed by atoms with Gasteiger partial charge in [0, 0.05) is 28.9 Å². The minimum Gasteiger partial charge on any atom is -0.497 e. The maximum absolute atomic E-state index is 12.0. The van der Waals surface area contributed by atoms with Crippen LogP contribution in [0.5, 0.6) is 17.2 Å². The number of hydrogen-bond donors (Lipinski definition) is 1. The van der Waals surface area contributed by atoms with Gasteiger partial charge in [-0.05, 0) is 30.7 Å². The predicted octanol–water partition coefficient (Wildman–Crippen LogP) is 3.23. The van der Waals surface area contributed by atoms with Gasteiger partial charge in [0.25, 0.3) is 5.91 Å². The highest BCUT2D eigenvalue weighted by atomic mass is 35.5. The lowest BCUT2D eigenvalue weighted by Gasteiger charge is -2.11. The minimum atomic E-state index is -0.664. The highest BCUT2D eigenvalue weighted by molar-refractivity contribution is 6.30. The summed E-state index contributed by atoms with van der Waals surface area (Å²) in [6, 6.07) is 9.95. The molecule has 0 saturated carbocycles. The number of ether oxygens (including phenoxy) is 4. The number of methoxy groups -OCH3 is 2. The summed E-state index contributed by atoms with van der Waals surface area (Å²) >= 11 is 5.86. The topological polar surface area (TPSA) is 83.1 Å². The Kier molecular flexibility index (Phi) is 7.31. The lowest BCUT2D eigenvalue weighted by molar-refractivity contribution is -0.149. The average Bonchev–Trinajstić information content (AvgIpc) is 2.65. The molecule has 0 aliphatic heterocycles. The van der Waals surface area contributed by atoms with Crippen molar-refractivity contribution in [3.63, 3.8) is 0 Å². The lowest BCUT2D eigenvalue weighted by Crippen LogP contribution is -2.23. The standard InChI is InChI=1S/C19H20ClNO6/c1-12-6-13(20)4-5-17(12)26-11-19(23)27-10-18(22)21-14-7-15(24-2)9-16(8-14)25-3/h4-9H,10-11H2,1-3H3,(H,21,22). The number of carbonyl (C=O) groups is 2. The molecule has 0 saturated heterocycles. The molecular weight excluding hydrogens is 374 g/mol. The number of benzene rings is 2. The van der Waals surface area contributed by atoms with Crippen LogP contribution in [0.25, 0.3) is 0 Å². The van der Waals surface area contributed by atoms with E-state index in [4.69, 9.17) is 30.5 Å². The Labute approximate surface area is 162 Å². The van der Waals surface area contributed by atoms with E-state index >= 15 is 0 Å². The molecule has 2 aromatic carbocycles. The summed E-state index contributed by atoms with van der Waals surface area (Å²) in [5, 5.41) is 3.18. The van der Waals surface area contributed by atoms with Gasteiger partial charge in [0.05, 0.1) is 14.2 Å². The summed E-state index contributed by atoms with van der Waals surface area (Å²) < 4.78 is 20.5. The molecule has 0 aliphatic carbocycles. The molecule has 0 spiro atoms. The first kappa shape index (κ1) is 20.4. The summed E-state index contributed by atoms with van der Waals surface area (Å²) in [4.78, 5) is 23.7. The maximum atomic E-state index is 12.0. The number of hydrogen-bond acceptors (Lipinski definition) is 6. The van der Waals surface area contributed by atoms with Crippen molar-refractivity contribution in [2.75, 3.05) is 32.8 Å². The number of esters is 1. The largest absolute Gasteiger partial charge is 0.497 e. The molecule has 0 atom stereocenters. The van der Waals surface area contributed by atoms with Crippen molar-refractivity contribution >= 4 is 29.2 Å². The van der Waals surface area contributed by atoms with Gasteiger partial charge in [-0.2, -0.15) is 0 Å². The molecule has 2 aromatic rings. The number of carbonyl (C=O) groups excluding carboxylic acids is 2. The third-order valence-electron chi connectivity index (χ3n) is 3.48. The van der Waals surface area contributed by atoms with Gasteiger partial charge in [-0.3, -0.25) is 4.79 Å². The number of aryl methyl sites for hydroxylation is 1. The molecular formula is C19H20ClNO6. The van der Waals surface area contributed by atoms with E-state index in [0.717, 1.165) is 5.56 Å². The Morgan fingerprint density at radius 1 is 1.00 bits per heavy atom. The summed E-state index contributed by atoms with van der Waals surface area (Å²) in [6.45, 7) is 1.05. The Hall–Kier alpha value is -2.93. The molecule has 0 bridgehead atoms. The molecule has 7 nitrogen and oxygen atoms in total. The highest BCUT2D eigenvalue weighted by Gasteiger charge is 2.11. The first-order valence-electron chi connectivity index (χ1n) is 7.98. The normalized spacial score (nSPS) is 10.1. The lowest BCUT2D eigenvalue weighted by atomic mass is 10.2. The fraction of sp³-hybridized carbons (Fsp3) is 0.263. The minimum absolute atomic E-state index is 0.317. The van der Waals surface area contributed by atoms with Crippen molar-refractivity contribution in [1.29, 1.82) is 0 Å². The number of anilines is 1. The van der Waals surface area contributed by atoms with E-state index in [9.17, 15) is 9.59 Å². The van der Waals surface area contributed by atoms with Crippen LogP contribution in [0.4, 0.5) is 5.69 Å². The van der Waals surface area contributed by atoms with Gasteiger partial charge in [-0.1, -0.05) is 11.6 Å². The van der Waals surface area contributed by atoms with E-state index in [1.807, 2.05) is 6.92 Å². The monoisotopic (exact) mass is 393 g/mol. The number of amides is 1. The second-order valence-corrected chi connectivity index (χ2v) is 5.95. The van der Waals surface area contributed by atoms with Crippen molar-refractivity contribution in [3.05, 3.63) is 47.0 Å². The van der Waals surface area contributed by atoms with Crippen LogP contribution in [0.1, 0.15) is 5.56 Å². The summed E-state index contributed by atoms with van der Waals surface area (Å²) in [7, 11) is 3.01. The molecule has 1 amide bonds. The van der Waals surface area contributed by atoms with Crippen LogP contribution >= 0.6 is 11.6 Å². The van der Waals surface area contributed by atoms with Gasteiger partial charge in [0.2, 0.25) is 0 Å². The second-order valence-electron chi connectivity index (χ2n) is 5.51. The van der Waals surface area contributed by atoms with Crippen molar-refractivity contribution in [1.82, 2.24) is 0 Å². The van der Waals surface area contributed by atoms with Crippen LogP contribution in [-0.4, -0.2) is 39.3 Å². The molecule has 2 rings (SSSR count). The first-order valence-corrected chi connectivity index (χ1v) is 8.36. The first-order chi connectivity index (χ1) is 12.9. The predicted molar refractivity (Wildman–Crippen MR) is 101 cm³/mol. The van der Waals surface area contributed by atoms with Gasteiger partial charge in [0.1, 0.15) is 17.2 Å². The SMILES string of the molecule is COc1cc(NC(=O)COC(=O)COc2ccc(Cl)cc2C)cc(OC)c1. The Morgan fingerprint density at radius 2 is 1.67 bits per heavy atom. The van der Waals surface area contributed by atoms with Crippen molar-refractivity contribution in [2.24, 2.45) is 0 Å². The van der Waals surface area contributed by atoms with Gasteiger partial charge in [0.15, 0.2) is 13.2 Å². The Bertz CT molecular complexity index is 802. The van der Waals surface area contributed by atoms with E-state index in [-0.39, 0.29) is 6.61 Å². The van der Waals surface area contributed by atoms with E-state index in [1.165, 1.54) is 14.2 Å². The summed E-state index contributed by atoms with van der Waals surface area (Å²) in [5.74, 6) is 0.398. The smallest absolute Gasteiger partial charge is 0.344 e. The van der Waals surface area contributed by atoms with Crippen LogP contribution in [0.3, 0.4) is 0 Å². The van der Waals surface area contributed by atoms with Crippen molar-refractivity contribution in [3.8, 4) is 17.2 Å². The van der Waals surface area contributed by atoms with Gasteiger partial charge in [-0.15, -0.1) is 0 Å². The maximum Gasteiger partial charge on any atom is 0.344 e. The molecule has 0 unspecified atom stereocenters. The molecule has 0 heterocycles. The Balaban J connectivity index is 1.82. The zero-order chi connectivity index (χ0) is 19.8. The van der Waals surface area contributed by atoms with Crippen LogP contribution in [0.2, 0.25) is 5.02 Å².